The number of esters is 1. The summed E-state index contributed by atoms with van der Waals surface area (Å²) in [6, 6.07) is 12.1. The van der Waals surface area contributed by atoms with Gasteiger partial charge in [0.05, 0.1) is 11.0 Å². The predicted octanol–water partition coefficient (Wildman–Crippen LogP) is 1.38. The zero-order valence-corrected chi connectivity index (χ0v) is 20.9. The number of aliphatic hydroxyl groups is 1. The molecule has 13 nitrogen and oxygen atoms in total. The standard InChI is InChI=1S/C26H28N4O9/c31-19-13-22(24(33)27-14-23(32)39-20-10-8-18(9-11-20)30(36)37)29(15-19)25(34)21-7-4-12-28(21)26(35)38-16-17-5-2-1-3-6-17/h1-3,5-6,8-11,19,21-22,31H,4,7,12-16H2,(H,27,33)/t19?,21-,22-/m0/s1. The summed E-state index contributed by atoms with van der Waals surface area (Å²) in [6.07, 6.45) is -0.637. The number of carbonyl (C=O) groups is 4. The zero-order chi connectivity index (χ0) is 27.9. The molecule has 1 unspecified atom stereocenters. The lowest BCUT2D eigenvalue weighted by Crippen LogP contribution is -2.53. The number of β-amino-alcohol motifs (C(OH)–C–C–N with tert-alkyl or cyclic N) is 1. The molecule has 2 aliphatic heterocycles. The number of benzene rings is 2. The highest BCUT2D eigenvalue weighted by molar-refractivity contribution is 5.93. The number of ether oxygens (including phenoxy) is 2. The molecule has 3 amide bonds. The van der Waals surface area contributed by atoms with Crippen molar-refractivity contribution in [2.24, 2.45) is 0 Å². The molecule has 2 saturated heterocycles. The Labute approximate surface area is 223 Å². The van der Waals surface area contributed by atoms with E-state index in [2.05, 4.69) is 5.32 Å². The molecule has 2 N–H and O–H groups in total. The highest BCUT2D eigenvalue weighted by Gasteiger charge is 2.45. The van der Waals surface area contributed by atoms with Crippen molar-refractivity contribution < 1.29 is 38.7 Å². The number of amides is 3. The number of nitro benzene ring substituents is 1. The lowest BCUT2D eigenvalue weighted by atomic mass is 10.1. The van der Waals surface area contributed by atoms with Gasteiger partial charge in [-0.25, -0.2) is 9.59 Å². The van der Waals surface area contributed by atoms with Crippen LogP contribution < -0.4 is 10.1 Å². The summed E-state index contributed by atoms with van der Waals surface area (Å²) in [6.45, 7) is -0.230. The van der Waals surface area contributed by atoms with Crippen molar-refractivity contribution >= 4 is 29.6 Å². The largest absolute Gasteiger partial charge is 0.445 e. The molecule has 0 aromatic heterocycles. The Balaban J connectivity index is 1.32. The van der Waals surface area contributed by atoms with Crippen LogP contribution in [0.2, 0.25) is 0 Å². The van der Waals surface area contributed by atoms with Crippen LogP contribution in [0.4, 0.5) is 10.5 Å². The molecule has 0 spiro atoms. The quantitative estimate of drug-likeness (QED) is 0.217. The number of likely N-dealkylation sites (tertiary alicyclic amines) is 2. The van der Waals surface area contributed by atoms with Crippen LogP contribution in [0.1, 0.15) is 24.8 Å². The SMILES string of the molecule is O=C(CNC(=O)[C@@H]1CC(O)CN1C(=O)[C@@H]1CCCN1C(=O)OCc1ccccc1)Oc1ccc([N+](=O)[O-])cc1. The van der Waals surface area contributed by atoms with Gasteiger partial charge in [-0.3, -0.25) is 24.6 Å². The maximum Gasteiger partial charge on any atom is 0.410 e. The Kier molecular flexibility index (Phi) is 8.71. The van der Waals surface area contributed by atoms with Crippen molar-refractivity contribution in [3.63, 3.8) is 0 Å². The van der Waals surface area contributed by atoms with Crippen LogP contribution in [0, 0.1) is 10.1 Å². The maximum absolute atomic E-state index is 13.4. The lowest BCUT2D eigenvalue weighted by molar-refractivity contribution is -0.384. The summed E-state index contributed by atoms with van der Waals surface area (Å²) in [4.78, 5) is 63.9. The van der Waals surface area contributed by atoms with Crippen molar-refractivity contribution in [1.29, 1.82) is 0 Å². The molecular weight excluding hydrogens is 512 g/mol. The number of hydrogen-bond donors (Lipinski definition) is 2. The molecule has 0 aliphatic carbocycles. The first-order chi connectivity index (χ1) is 18.7. The minimum atomic E-state index is -1.04. The van der Waals surface area contributed by atoms with Gasteiger partial charge in [-0.05, 0) is 30.5 Å². The second kappa shape index (κ2) is 12.3. The van der Waals surface area contributed by atoms with Gasteiger partial charge in [-0.2, -0.15) is 0 Å². The smallest absolute Gasteiger partial charge is 0.410 e. The summed E-state index contributed by atoms with van der Waals surface area (Å²) in [5.41, 5.74) is 0.636. The first-order valence-electron chi connectivity index (χ1n) is 12.4. The van der Waals surface area contributed by atoms with Gasteiger partial charge in [0.25, 0.3) is 5.69 Å². The summed E-state index contributed by atoms with van der Waals surface area (Å²) < 4.78 is 10.5. The van der Waals surface area contributed by atoms with Gasteiger partial charge in [0, 0.05) is 31.6 Å². The molecule has 2 aromatic rings. The Hall–Kier alpha value is -4.52. The van der Waals surface area contributed by atoms with Gasteiger partial charge in [0.1, 0.15) is 31.0 Å². The van der Waals surface area contributed by atoms with Gasteiger partial charge < -0.3 is 24.8 Å². The van der Waals surface area contributed by atoms with E-state index in [0.29, 0.717) is 19.4 Å². The second-order valence-corrected chi connectivity index (χ2v) is 9.23. The third-order valence-corrected chi connectivity index (χ3v) is 6.53. The monoisotopic (exact) mass is 540 g/mol. The van der Waals surface area contributed by atoms with Crippen molar-refractivity contribution in [1.82, 2.24) is 15.1 Å². The Morgan fingerprint density at radius 3 is 2.44 bits per heavy atom. The molecule has 13 heteroatoms. The van der Waals surface area contributed by atoms with Gasteiger partial charge in [0.15, 0.2) is 0 Å². The highest BCUT2D eigenvalue weighted by atomic mass is 16.6. The van der Waals surface area contributed by atoms with E-state index >= 15 is 0 Å². The Bertz CT molecular complexity index is 1220. The van der Waals surface area contributed by atoms with E-state index in [4.69, 9.17) is 9.47 Å². The van der Waals surface area contributed by atoms with E-state index in [-0.39, 0.29) is 31.0 Å². The van der Waals surface area contributed by atoms with Crippen LogP contribution in [-0.4, -0.2) is 81.5 Å². The fourth-order valence-electron chi connectivity index (χ4n) is 4.62. The molecule has 2 fully saturated rings. The molecule has 0 bridgehead atoms. The van der Waals surface area contributed by atoms with Gasteiger partial charge in [-0.1, -0.05) is 30.3 Å². The van der Waals surface area contributed by atoms with Gasteiger partial charge >= 0.3 is 12.1 Å². The van der Waals surface area contributed by atoms with E-state index in [0.717, 1.165) is 5.56 Å². The molecule has 39 heavy (non-hydrogen) atoms. The molecule has 2 aliphatic rings. The number of nitrogens with zero attached hydrogens (tertiary/aromatic N) is 3. The topological polar surface area (TPSA) is 169 Å². The van der Waals surface area contributed by atoms with Crippen LogP contribution in [0.25, 0.3) is 0 Å². The van der Waals surface area contributed by atoms with E-state index in [9.17, 15) is 34.4 Å². The molecule has 0 radical (unpaired) electrons. The number of aliphatic hydroxyl groups excluding tert-OH is 1. The highest BCUT2D eigenvalue weighted by Crippen LogP contribution is 2.26. The molecule has 206 valence electrons. The van der Waals surface area contributed by atoms with E-state index in [1.54, 1.807) is 0 Å². The van der Waals surface area contributed by atoms with Crippen LogP contribution in [-0.2, 0) is 25.7 Å². The number of carbonyl (C=O) groups excluding carboxylic acids is 4. The molecule has 4 rings (SSSR count). The summed E-state index contributed by atoms with van der Waals surface area (Å²) in [5.74, 6) is -1.89. The average molecular weight is 541 g/mol. The van der Waals surface area contributed by atoms with Crippen molar-refractivity contribution in [2.45, 2.75) is 44.1 Å². The maximum atomic E-state index is 13.4. The van der Waals surface area contributed by atoms with Gasteiger partial charge in [-0.15, -0.1) is 0 Å². The Morgan fingerprint density at radius 1 is 1.03 bits per heavy atom. The first-order valence-corrected chi connectivity index (χ1v) is 12.4. The predicted molar refractivity (Wildman–Crippen MR) is 134 cm³/mol. The van der Waals surface area contributed by atoms with Crippen LogP contribution in [0.15, 0.2) is 54.6 Å². The normalized spacial score (nSPS) is 20.4. The Morgan fingerprint density at radius 2 is 1.74 bits per heavy atom. The van der Waals surface area contributed by atoms with E-state index < -0.39 is 53.5 Å². The first kappa shape index (κ1) is 27.5. The third kappa shape index (κ3) is 6.87. The van der Waals surface area contributed by atoms with Crippen molar-refractivity contribution in [3.05, 3.63) is 70.3 Å². The zero-order valence-electron chi connectivity index (χ0n) is 20.9. The molecule has 3 atom stereocenters. The molecule has 2 heterocycles. The van der Waals surface area contributed by atoms with Gasteiger partial charge in [0.2, 0.25) is 11.8 Å². The third-order valence-electron chi connectivity index (χ3n) is 6.53. The number of non-ortho nitro benzene ring substituents is 1. The lowest BCUT2D eigenvalue weighted by Gasteiger charge is -2.30. The number of nitrogens with one attached hydrogen (secondary N) is 1. The molecule has 0 saturated carbocycles. The number of nitro groups is 1. The van der Waals surface area contributed by atoms with E-state index in [1.165, 1.54) is 34.1 Å². The van der Waals surface area contributed by atoms with E-state index in [1.807, 2.05) is 30.3 Å². The number of rotatable bonds is 8. The molecule has 2 aromatic carbocycles. The van der Waals surface area contributed by atoms with Crippen molar-refractivity contribution in [3.8, 4) is 5.75 Å². The minimum absolute atomic E-state index is 0.0276. The fourth-order valence-corrected chi connectivity index (χ4v) is 4.62. The van der Waals surface area contributed by atoms with Crippen LogP contribution in [0.3, 0.4) is 0 Å². The molecular formula is C26H28N4O9. The second-order valence-electron chi connectivity index (χ2n) is 9.23. The summed E-state index contributed by atoms with van der Waals surface area (Å²) in [5, 5.41) is 23.4. The summed E-state index contributed by atoms with van der Waals surface area (Å²) in [7, 11) is 0. The van der Waals surface area contributed by atoms with Crippen LogP contribution in [0.5, 0.6) is 5.75 Å². The average Bonchev–Trinajstić information content (AvgIpc) is 3.58. The van der Waals surface area contributed by atoms with Crippen LogP contribution >= 0.6 is 0 Å². The fraction of sp³-hybridized carbons (Fsp3) is 0.385. The van der Waals surface area contributed by atoms with Crippen molar-refractivity contribution in [2.75, 3.05) is 19.6 Å². The number of hydrogen-bond acceptors (Lipinski definition) is 9. The minimum Gasteiger partial charge on any atom is -0.445 e. The summed E-state index contributed by atoms with van der Waals surface area (Å²) >= 11 is 0.